The van der Waals surface area contributed by atoms with Gasteiger partial charge in [-0.1, -0.05) is 46.4 Å². The maximum Gasteiger partial charge on any atom is 0.0900 e. The average Bonchev–Trinajstić information content (AvgIpc) is 2.04. The molecule has 0 aliphatic heterocycles. The van der Waals surface area contributed by atoms with Crippen LogP contribution in [-0.2, 0) is 0 Å². The smallest absolute Gasteiger partial charge is 0.0900 e. The lowest BCUT2D eigenvalue weighted by Gasteiger charge is -1.95. The maximum absolute atomic E-state index is 9.02. The van der Waals surface area contributed by atoms with Crippen molar-refractivity contribution in [3.63, 3.8) is 0 Å². The molecule has 1 nitrogen and oxygen atoms in total. The zero-order valence-electron chi connectivity index (χ0n) is 6.63. The van der Waals surface area contributed by atoms with E-state index in [4.69, 9.17) is 5.11 Å². The molecule has 2 heteroatoms. The molecule has 1 N–H and O–H groups in total. The first kappa shape index (κ1) is 10.9. The lowest BCUT2D eigenvalue weighted by molar-refractivity contribution is 0.272. The molecule has 11 heavy (non-hydrogen) atoms. The summed E-state index contributed by atoms with van der Waals surface area (Å²) in [5.74, 6) is 0. The van der Waals surface area contributed by atoms with Crippen LogP contribution in [0.1, 0.15) is 13.3 Å². The standard InChI is InChI=1S/C9H13IO/c1-3-9(11)6-4-5-8(2)7-10/h3-4,6-7,9,11H,1,5H2,2H3/b6-4-,8-7+. The summed E-state index contributed by atoms with van der Waals surface area (Å²) in [5.41, 5.74) is 1.29. The lowest BCUT2D eigenvalue weighted by Crippen LogP contribution is -1.93. The Morgan fingerprint density at radius 1 is 1.73 bits per heavy atom. The van der Waals surface area contributed by atoms with Gasteiger partial charge in [-0.05, 0) is 17.4 Å². The summed E-state index contributed by atoms with van der Waals surface area (Å²) >= 11 is 2.20. The third-order valence-electron chi connectivity index (χ3n) is 1.20. The summed E-state index contributed by atoms with van der Waals surface area (Å²) in [4.78, 5) is 0. The Morgan fingerprint density at radius 2 is 2.36 bits per heavy atom. The molecule has 0 rings (SSSR count). The number of hydrogen-bond acceptors (Lipinski definition) is 1. The van der Waals surface area contributed by atoms with E-state index in [1.54, 1.807) is 6.08 Å². The predicted molar refractivity (Wildman–Crippen MR) is 57.7 cm³/mol. The van der Waals surface area contributed by atoms with Crippen molar-refractivity contribution in [1.29, 1.82) is 0 Å². The molecular formula is C9H13IO. The predicted octanol–water partition coefficient (Wildman–Crippen LogP) is 2.82. The van der Waals surface area contributed by atoms with E-state index >= 15 is 0 Å². The van der Waals surface area contributed by atoms with Gasteiger partial charge in [0.15, 0.2) is 0 Å². The van der Waals surface area contributed by atoms with Crippen LogP contribution in [0, 0.1) is 0 Å². The largest absolute Gasteiger partial charge is 0.385 e. The van der Waals surface area contributed by atoms with Gasteiger partial charge in [0.2, 0.25) is 0 Å². The molecule has 0 bridgehead atoms. The molecule has 1 atom stereocenters. The van der Waals surface area contributed by atoms with Crippen LogP contribution in [0.15, 0.2) is 34.5 Å². The first-order chi connectivity index (χ1) is 5.20. The SMILES string of the molecule is C=CC(O)/C=C\C/C(C)=C/I. The molecule has 0 saturated heterocycles. The van der Waals surface area contributed by atoms with Crippen LogP contribution in [0.2, 0.25) is 0 Å². The minimum Gasteiger partial charge on any atom is -0.385 e. The Hall–Kier alpha value is -0.0900. The van der Waals surface area contributed by atoms with Crippen LogP contribution >= 0.6 is 22.6 Å². The number of allylic oxidation sites excluding steroid dienone is 2. The molecule has 0 amide bonds. The number of aliphatic hydroxyl groups excluding tert-OH is 1. The molecule has 0 radical (unpaired) electrons. The highest BCUT2D eigenvalue weighted by Crippen LogP contribution is 2.04. The molecule has 0 aromatic carbocycles. The number of hydrogen-bond donors (Lipinski definition) is 1. The van der Waals surface area contributed by atoms with Crippen molar-refractivity contribution in [3.05, 3.63) is 34.5 Å². The van der Waals surface area contributed by atoms with Crippen molar-refractivity contribution in [2.24, 2.45) is 0 Å². The zero-order valence-corrected chi connectivity index (χ0v) is 8.78. The third kappa shape index (κ3) is 6.31. The highest BCUT2D eigenvalue weighted by Gasteiger charge is 1.88. The quantitative estimate of drug-likeness (QED) is 0.611. The Balaban J connectivity index is 3.68. The van der Waals surface area contributed by atoms with E-state index in [1.165, 1.54) is 11.6 Å². The number of rotatable bonds is 4. The molecule has 0 aliphatic carbocycles. The van der Waals surface area contributed by atoms with Crippen LogP contribution in [-0.4, -0.2) is 11.2 Å². The summed E-state index contributed by atoms with van der Waals surface area (Å²) in [6.45, 7) is 5.51. The van der Waals surface area contributed by atoms with E-state index < -0.39 is 6.10 Å². The fourth-order valence-corrected chi connectivity index (χ4v) is 0.771. The fourth-order valence-electron chi connectivity index (χ4n) is 0.516. The Morgan fingerprint density at radius 3 is 2.82 bits per heavy atom. The highest BCUT2D eigenvalue weighted by molar-refractivity contribution is 14.1. The maximum atomic E-state index is 9.02. The van der Waals surface area contributed by atoms with E-state index in [9.17, 15) is 0 Å². The van der Waals surface area contributed by atoms with Gasteiger partial charge in [-0.25, -0.2) is 0 Å². The second-order valence-corrected chi connectivity index (χ2v) is 2.94. The van der Waals surface area contributed by atoms with Crippen LogP contribution in [0.5, 0.6) is 0 Å². The fraction of sp³-hybridized carbons (Fsp3) is 0.333. The van der Waals surface area contributed by atoms with Crippen molar-refractivity contribution >= 4 is 22.6 Å². The Bertz CT molecular complexity index is 170. The van der Waals surface area contributed by atoms with Crippen molar-refractivity contribution in [3.8, 4) is 0 Å². The van der Waals surface area contributed by atoms with Crippen molar-refractivity contribution in [2.75, 3.05) is 0 Å². The summed E-state index contributed by atoms with van der Waals surface area (Å²) in [5, 5.41) is 9.02. The molecule has 0 saturated carbocycles. The van der Waals surface area contributed by atoms with Gasteiger partial charge >= 0.3 is 0 Å². The first-order valence-corrected chi connectivity index (χ1v) is 4.68. The Labute approximate surface area is 81.6 Å². The van der Waals surface area contributed by atoms with Gasteiger partial charge in [-0.15, -0.1) is 6.58 Å². The molecule has 0 spiro atoms. The topological polar surface area (TPSA) is 20.2 Å². The summed E-state index contributed by atoms with van der Waals surface area (Å²) in [6, 6.07) is 0. The average molecular weight is 264 g/mol. The minimum absolute atomic E-state index is 0.503. The van der Waals surface area contributed by atoms with Gasteiger partial charge in [0.25, 0.3) is 0 Å². The molecule has 62 valence electrons. The van der Waals surface area contributed by atoms with Gasteiger partial charge in [0.1, 0.15) is 0 Å². The van der Waals surface area contributed by atoms with E-state index in [-0.39, 0.29) is 0 Å². The van der Waals surface area contributed by atoms with Crippen molar-refractivity contribution < 1.29 is 5.11 Å². The molecule has 0 aromatic rings. The monoisotopic (exact) mass is 264 g/mol. The summed E-state index contributed by atoms with van der Waals surface area (Å²) < 4.78 is 2.03. The van der Waals surface area contributed by atoms with Crippen LogP contribution in [0.3, 0.4) is 0 Å². The van der Waals surface area contributed by atoms with Gasteiger partial charge in [-0.3, -0.25) is 0 Å². The van der Waals surface area contributed by atoms with Gasteiger partial charge in [0.05, 0.1) is 6.10 Å². The Kier molecular flexibility index (Phi) is 6.56. The molecular weight excluding hydrogens is 251 g/mol. The van der Waals surface area contributed by atoms with Crippen LogP contribution in [0.4, 0.5) is 0 Å². The molecule has 0 aromatic heterocycles. The van der Waals surface area contributed by atoms with Crippen LogP contribution in [0.25, 0.3) is 0 Å². The normalized spacial score (nSPS) is 15.4. The highest BCUT2D eigenvalue weighted by atomic mass is 127. The second-order valence-electron chi connectivity index (χ2n) is 2.31. The molecule has 0 fully saturated rings. The summed E-state index contributed by atoms with van der Waals surface area (Å²) in [6.07, 6.45) is 5.57. The molecule has 1 unspecified atom stereocenters. The zero-order chi connectivity index (χ0) is 8.69. The molecule has 0 aliphatic rings. The van der Waals surface area contributed by atoms with E-state index in [1.807, 2.05) is 10.2 Å². The van der Waals surface area contributed by atoms with E-state index in [0.29, 0.717) is 0 Å². The van der Waals surface area contributed by atoms with E-state index in [2.05, 4.69) is 36.1 Å². The molecule has 0 heterocycles. The minimum atomic E-state index is -0.503. The van der Waals surface area contributed by atoms with Gasteiger partial charge in [-0.2, -0.15) is 0 Å². The summed E-state index contributed by atoms with van der Waals surface area (Å²) in [7, 11) is 0. The first-order valence-electron chi connectivity index (χ1n) is 3.44. The number of halogens is 1. The van der Waals surface area contributed by atoms with Crippen molar-refractivity contribution in [2.45, 2.75) is 19.4 Å². The van der Waals surface area contributed by atoms with Crippen LogP contribution < -0.4 is 0 Å². The van der Waals surface area contributed by atoms with Gasteiger partial charge in [0, 0.05) is 0 Å². The third-order valence-corrected chi connectivity index (χ3v) is 2.26. The second kappa shape index (κ2) is 6.61. The van der Waals surface area contributed by atoms with Gasteiger partial charge < -0.3 is 5.11 Å². The van der Waals surface area contributed by atoms with Crippen molar-refractivity contribution in [1.82, 2.24) is 0 Å². The van der Waals surface area contributed by atoms with E-state index in [0.717, 1.165) is 6.42 Å². The number of aliphatic hydroxyl groups is 1. The lowest BCUT2D eigenvalue weighted by atomic mass is 10.2.